The smallest absolute Gasteiger partial charge is 0.407 e. The highest BCUT2D eigenvalue weighted by Crippen LogP contribution is 2.60. The molecule has 29 heavy (non-hydrogen) atoms. The first-order valence-corrected chi connectivity index (χ1v) is 11.0. The third kappa shape index (κ3) is 3.13. The van der Waals surface area contributed by atoms with Crippen molar-refractivity contribution in [3.8, 4) is 0 Å². The van der Waals surface area contributed by atoms with Gasteiger partial charge in [-0.15, -0.1) is 0 Å². The molecule has 1 saturated heterocycles. The van der Waals surface area contributed by atoms with Gasteiger partial charge in [-0.3, -0.25) is 4.79 Å². The number of piperidine rings is 1. The summed E-state index contributed by atoms with van der Waals surface area (Å²) in [6.07, 6.45) is 5.89. The van der Waals surface area contributed by atoms with Crippen LogP contribution in [0.25, 0.3) is 0 Å². The van der Waals surface area contributed by atoms with E-state index in [-0.39, 0.29) is 17.4 Å². The molecule has 2 unspecified atom stereocenters. The normalized spacial score (nSPS) is 36.4. The van der Waals surface area contributed by atoms with Crippen molar-refractivity contribution in [1.29, 1.82) is 0 Å². The van der Waals surface area contributed by atoms with Gasteiger partial charge in [-0.1, -0.05) is 31.2 Å². The maximum Gasteiger partial charge on any atom is 0.407 e. The second-order valence-electron chi connectivity index (χ2n) is 10.5. The number of nitrogens with zero attached hydrogens (tertiary/aromatic N) is 1. The Morgan fingerprint density at radius 1 is 1.10 bits per heavy atom. The molecule has 0 spiro atoms. The van der Waals surface area contributed by atoms with E-state index in [1.807, 2.05) is 6.92 Å². The fourth-order valence-corrected chi connectivity index (χ4v) is 5.86. The minimum Gasteiger partial charge on any atom is -0.453 e. The quantitative estimate of drug-likeness (QED) is 0.843. The Morgan fingerprint density at radius 3 is 2.48 bits per heavy atom. The Morgan fingerprint density at radius 2 is 1.83 bits per heavy atom. The lowest BCUT2D eigenvalue weighted by atomic mass is 9.68. The topological polar surface area (TPSA) is 58.6 Å². The molecule has 2 amide bonds. The molecule has 3 saturated carbocycles. The molecular formula is C24H32N2O3. The predicted molar refractivity (Wildman–Crippen MR) is 111 cm³/mol. The third-order valence-electron chi connectivity index (χ3n) is 8.28. The maximum atomic E-state index is 13.0. The van der Waals surface area contributed by atoms with Gasteiger partial charge in [-0.2, -0.15) is 0 Å². The first-order valence-electron chi connectivity index (χ1n) is 11.0. The van der Waals surface area contributed by atoms with Crippen LogP contribution in [0.1, 0.15) is 63.5 Å². The summed E-state index contributed by atoms with van der Waals surface area (Å²) in [4.78, 5) is 26.6. The number of carbonyl (C=O) groups is 2. The van der Waals surface area contributed by atoms with Gasteiger partial charge in [0.25, 0.3) is 0 Å². The first-order chi connectivity index (χ1) is 13.8. The van der Waals surface area contributed by atoms with Gasteiger partial charge in [0.15, 0.2) is 0 Å². The first kappa shape index (κ1) is 19.0. The van der Waals surface area contributed by atoms with Crippen molar-refractivity contribution in [3.63, 3.8) is 0 Å². The number of amides is 2. The predicted octanol–water partition coefficient (Wildman–Crippen LogP) is 3.75. The summed E-state index contributed by atoms with van der Waals surface area (Å²) in [7, 11) is 1.37. The Bertz CT molecular complexity index is 855. The molecule has 0 bridgehead atoms. The molecule has 0 radical (unpaired) electrons. The second-order valence-corrected chi connectivity index (χ2v) is 10.5. The average Bonchev–Trinajstić information content (AvgIpc) is 3.61. The second kappa shape index (κ2) is 6.23. The van der Waals surface area contributed by atoms with Crippen molar-refractivity contribution in [3.05, 3.63) is 35.4 Å². The van der Waals surface area contributed by atoms with Crippen LogP contribution in [-0.4, -0.2) is 42.6 Å². The lowest BCUT2D eigenvalue weighted by molar-refractivity contribution is -0.142. The standard InChI is InChI=1S/C24H32N2O3/c1-22(7-8-22)17-5-4-6-18(11-17)24-9-10-26(15-19(24)14-24)20(27)16-12-23(2,13-16)25-21(28)29-3/h4-6,11,16,19H,7-10,12-15H2,1-3H3,(H,25,28)/t16-,19?,23+,24?. The maximum absolute atomic E-state index is 13.0. The van der Waals surface area contributed by atoms with Crippen molar-refractivity contribution in [2.24, 2.45) is 11.8 Å². The zero-order chi connectivity index (χ0) is 20.4. The molecule has 5 rings (SSSR count). The zero-order valence-electron chi connectivity index (χ0n) is 17.8. The highest BCUT2D eigenvalue weighted by atomic mass is 16.5. The molecule has 4 fully saturated rings. The van der Waals surface area contributed by atoms with Crippen molar-refractivity contribution in [2.45, 2.75) is 68.7 Å². The van der Waals surface area contributed by atoms with E-state index in [0.717, 1.165) is 19.5 Å². The summed E-state index contributed by atoms with van der Waals surface area (Å²) in [5.41, 5.74) is 3.40. The van der Waals surface area contributed by atoms with Crippen LogP contribution in [0.3, 0.4) is 0 Å². The average molecular weight is 397 g/mol. The molecule has 1 N–H and O–H groups in total. The number of fused-ring (bicyclic) bond motifs is 1. The van der Waals surface area contributed by atoms with Crippen LogP contribution in [0.15, 0.2) is 24.3 Å². The Kier molecular flexibility index (Phi) is 4.07. The van der Waals surface area contributed by atoms with E-state index in [0.29, 0.717) is 29.6 Å². The molecule has 5 heteroatoms. The van der Waals surface area contributed by atoms with Gasteiger partial charge in [0.2, 0.25) is 5.91 Å². The molecule has 156 valence electrons. The number of methoxy groups -OCH3 is 1. The molecule has 1 aliphatic heterocycles. The van der Waals surface area contributed by atoms with Gasteiger partial charge < -0.3 is 15.0 Å². The molecular weight excluding hydrogens is 364 g/mol. The lowest BCUT2D eigenvalue weighted by Crippen LogP contribution is -2.59. The number of alkyl carbamates (subject to hydrolysis) is 1. The monoisotopic (exact) mass is 396 g/mol. The minimum atomic E-state index is -0.415. The van der Waals surface area contributed by atoms with Crippen molar-refractivity contribution in [2.75, 3.05) is 20.2 Å². The summed E-state index contributed by atoms with van der Waals surface area (Å²) >= 11 is 0. The van der Waals surface area contributed by atoms with Crippen LogP contribution in [0, 0.1) is 11.8 Å². The van der Waals surface area contributed by atoms with Gasteiger partial charge >= 0.3 is 6.09 Å². The lowest BCUT2D eigenvalue weighted by Gasteiger charge is -2.46. The zero-order valence-corrected chi connectivity index (χ0v) is 17.8. The van der Waals surface area contributed by atoms with E-state index in [1.54, 1.807) is 0 Å². The number of carbonyl (C=O) groups excluding carboxylic acids is 2. The fourth-order valence-electron chi connectivity index (χ4n) is 5.86. The SMILES string of the molecule is COC(=O)N[C@]1(C)C[C@H](C(=O)N2CCC3(c4cccc(C5(C)CC5)c4)CC3C2)C1. The molecule has 4 aliphatic rings. The molecule has 0 aromatic heterocycles. The van der Waals surface area contributed by atoms with E-state index in [2.05, 4.69) is 41.4 Å². The number of nitrogens with one attached hydrogen (secondary N) is 1. The summed E-state index contributed by atoms with van der Waals surface area (Å²) in [6.45, 7) is 6.10. The summed E-state index contributed by atoms with van der Waals surface area (Å²) in [5, 5.41) is 2.87. The minimum absolute atomic E-state index is 0.0292. The number of likely N-dealkylation sites (tertiary alicyclic amines) is 1. The molecule has 3 aliphatic carbocycles. The van der Waals surface area contributed by atoms with Crippen LogP contribution < -0.4 is 5.32 Å². The third-order valence-corrected chi connectivity index (χ3v) is 8.28. The molecule has 1 heterocycles. The van der Waals surface area contributed by atoms with E-state index in [1.165, 1.54) is 37.5 Å². The summed E-state index contributed by atoms with van der Waals surface area (Å²) in [6, 6.07) is 9.29. The largest absolute Gasteiger partial charge is 0.453 e. The van der Waals surface area contributed by atoms with Gasteiger partial charge in [0, 0.05) is 30.0 Å². The Balaban J connectivity index is 1.20. The van der Waals surface area contributed by atoms with Gasteiger partial charge in [-0.25, -0.2) is 4.79 Å². The van der Waals surface area contributed by atoms with Crippen LogP contribution in [0.2, 0.25) is 0 Å². The molecule has 2 atom stereocenters. The van der Waals surface area contributed by atoms with Crippen molar-refractivity contribution < 1.29 is 14.3 Å². The molecule has 1 aromatic rings. The van der Waals surface area contributed by atoms with E-state index >= 15 is 0 Å². The molecule has 1 aromatic carbocycles. The fraction of sp³-hybridized carbons (Fsp3) is 0.667. The van der Waals surface area contributed by atoms with Crippen molar-refractivity contribution >= 4 is 12.0 Å². The number of rotatable bonds is 4. The van der Waals surface area contributed by atoms with E-state index in [4.69, 9.17) is 4.74 Å². The van der Waals surface area contributed by atoms with E-state index < -0.39 is 6.09 Å². The highest BCUT2D eigenvalue weighted by molar-refractivity contribution is 5.81. The van der Waals surface area contributed by atoms with Crippen LogP contribution in [0.4, 0.5) is 4.79 Å². The highest BCUT2D eigenvalue weighted by Gasteiger charge is 2.59. The number of benzene rings is 1. The number of hydrogen-bond acceptors (Lipinski definition) is 3. The summed E-state index contributed by atoms with van der Waals surface area (Å²) < 4.78 is 4.69. The van der Waals surface area contributed by atoms with Crippen molar-refractivity contribution in [1.82, 2.24) is 10.2 Å². The molecule has 5 nitrogen and oxygen atoms in total. The summed E-state index contributed by atoms with van der Waals surface area (Å²) in [5.74, 6) is 0.901. The Hall–Kier alpha value is -2.04. The van der Waals surface area contributed by atoms with Crippen LogP contribution in [-0.2, 0) is 20.4 Å². The van der Waals surface area contributed by atoms with Gasteiger partial charge in [-0.05, 0) is 67.9 Å². The Labute approximate surface area is 173 Å². The van der Waals surface area contributed by atoms with E-state index in [9.17, 15) is 9.59 Å². The van der Waals surface area contributed by atoms with Gasteiger partial charge in [0.1, 0.15) is 0 Å². The van der Waals surface area contributed by atoms with Crippen LogP contribution in [0.5, 0.6) is 0 Å². The van der Waals surface area contributed by atoms with Gasteiger partial charge in [0.05, 0.1) is 7.11 Å². The van der Waals surface area contributed by atoms with Crippen LogP contribution >= 0.6 is 0 Å². The number of ether oxygens (including phenoxy) is 1. The number of hydrogen-bond donors (Lipinski definition) is 1.